The van der Waals surface area contributed by atoms with Gasteiger partial charge in [0.2, 0.25) is 10.0 Å². The largest absolute Gasteiger partial charge is 0.360 e. The molecule has 0 spiro atoms. The van der Waals surface area contributed by atoms with E-state index >= 15 is 0 Å². The summed E-state index contributed by atoms with van der Waals surface area (Å²) >= 11 is 6.53. The molecule has 33 heavy (non-hydrogen) atoms. The molecule has 1 unspecified atom stereocenters. The lowest BCUT2D eigenvalue weighted by Gasteiger charge is -2.41. The molecule has 0 heterocycles. The average molecular weight is 621 g/mol. The second kappa shape index (κ2) is 9.85. The van der Waals surface area contributed by atoms with E-state index in [0.29, 0.717) is 4.47 Å². The minimum absolute atomic E-state index is 0.0413. The first-order valence-electron chi connectivity index (χ1n) is 10.1. The number of hydrogen-bond acceptors (Lipinski definition) is 6. The van der Waals surface area contributed by atoms with E-state index in [4.69, 9.17) is 9.05 Å². The Kier molecular flexibility index (Phi) is 7.90. The molecule has 178 valence electrons. The van der Waals surface area contributed by atoms with Gasteiger partial charge in [-0.15, -0.1) is 0 Å². The molecule has 0 aromatic heterocycles. The molecule has 1 N–H and O–H groups in total. The minimum Gasteiger partial charge on any atom is -0.304 e. The Morgan fingerprint density at radius 3 is 2.03 bits per heavy atom. The third kappa shape index (κ3) is 5.27. The van der Waals surface area contributed by atoms with Gasteiger partial charge < -0.3 is 9.05 Å². The van der Waals surface area contributed by atoms with Crippen molar-refractivity contribution in [3.63, 3.8) is 0 Å². The van der Waals surface area contributed by atoms with Gasteiger partial charge >= 0.3 is 7.60 Å². The van der Waals surface area contributed by atoms with Crippen molar-refractivity contribution in [2.75, 3.05) is 0 Å². The molecule has 0 amide bonds. The lowest BCUT2D eigenvalue weighted by molar-refractivity contribution is 0.103. The number of ketones is 1. The molecule has 0 fully saturated rings. The van der Waals surface area contributed by atoms with Gasteiger partial charge in [-0.1, -0.05) is 40.2 Å². The van der Waals surface area contributed by atoms with Crippen molar-refractivity contribution in [1.82, 2.24) is 4.72 Å². The Bertz CT molecular complexity index is 1230. The van der Waals surface area contributed by atoms with Gasteiger partial charge in [0.15, 0.2) is 11.1 Å². The highest BCUT2D eigenvalue weighted by atomic mass is 79.9. The fraction of sp³-hybridized carbons (Fsp3) is 0.318. The molecular weight excluding hydrogens is 597 g/mol. The van der Waals surface area contributed by atoms with Crippen LogP contribution in [0.2, 0.25) is 0 Å². The number of benzene rings is 2. The zero-order valence-electron chi connectivity index (χ0n) is 18.4. The molecule has 1 aliphatic rings. The highest BCUT2D eigenvalue weighted by molar-refractivity contribution is 9.12. The summed E-state index contributed by atoms with van der Waals surface area (Å²) < 4.78 is 56.7. The van der Waals surface area contributed by atoms with E-state index in [1.807, 2.05) is 0 Å². The maximum absolute atomic E-state index is 14.5. The van der Waals surface area contributed by atoms with E-state index in [1.54, 1.807) is 64.1 Å². The van der Waals surface area contributed by atoms with E-state index in [9.17, 15) is 17.8 Å². The molecule has 1 atom stereocenters. The number of Topliss-reactive ketones (excluding diaryl/α,β-unsaturated/α-hetero) is 1. The Labute approximate surface area is 210 Å². The van der Waals surface area contributed by atoms with Crippen LogP contribution in [0.4, 0.5) is 0 Å². The Morgan fingerprint density at radius 1 is 0.939 bits per heavy atom. The van der Waals surface area contributed by atoms with Crippen LogP contribution in [0.3, 0.4) is 0 Å². The zero-order valence-corrected chi connectivity index (χ0v) is 23.3. The molecule has 0 saturated heterocycles. The summed E-state index contributed by atoms with van der Waals surface area (Å²) in [4.78, 5) is 12.8. The van der Waals surface area contributed by atoms with E-state index < -0.39 is 35.1 Å². The van der Waals surface area contributed by atoms with Crippen LogP contribution in [0, 0.1) is 0 Å². The van der Waals surface area contributed by atoms with Crippen LogP contribution < -0.4 is 4.72 Å². The third-order valence-corrected chi connectivity index (χ3v) is 10.2. The van der Waals surface area contributed by atoms with Crippen molar-refractivity contribution in [3.05, 3.63) is 74.7 Å². The van der Waals surface area contributed by atoms with Gasteiger partial charge in [-0.2, -0.15) is 4.72 Å². The third-order valence-electron chi connectivity index (χ3n) is 4.68. The van der Waals surface area contributed by atoms with Crippen molar-refractivity contribution < 1.29 is 26.8 Å². The van der Waals surface area contributed by atoms with Gasteiger partial charge in [0.05, 0.1) is 21.6 Å². The van der Waals surface area contributed by atoms with Gasteiger partial charge in [-0.25, -0.2) is 8.42 Å². The first kappa shape index (κ1) is 26.5. The monoisotopic (exact) mass is 619 g/mol. The number of sulfonamides is 1. The van der Waals surface area contributed by atoms with Gasteiger partial charge in [-0.3, -0.25) is 9.36 Å². The minimum atomic E-state index is -4.32. The van der Waals surface area contributed by atoms with Gasteiger partial charge in [0.25, 0.3) is 0 Å². The van der Waals surface area contributed by atoms with E-state index in [2.05, 4.69) is 36.6 Å². The maximum Gasteiger partial charge on any atom is 0.360 e. The molecular formula is C22H24Br2NO6PS. The predicted molar refractivity (Wildman–Crippen MR) is 134 cm³/mol. The van der Waals surface area contributed by atoms with E-state index in [-0.39, 0.29) is 26.3 Å². The second-order valence-corrected chi connectivity index (χ2v) is 13.6. The number of carbonyl (C=O) groups is 1. The molecule has 0 bridgehead atoms. The number of allylic oxidation sites excluding steroid dienone is 1. The molecule has 3 rings (SSSR count). The molecule has 0 radical (unpaired) electrons. The SMILES string of the molecule is CC(C)OP(=O)(OC(C)C)C1(NS(=O)(=O)c2ccc(Br)cc2)C=C(Br)C(=O)c2ccccc21. The molecule has 1 aliphatic carbocycles. The van der Waals surface area contributed by atoms with Crippen molar-refractivity contribution in [2.24, 2.45) is 0 Å². The number of halogens is 2. The topological polar surface area (TPSA) is 98.8 Å². The number of carbonyl (C=O) groups excluding carboxylic acids is 1. The standard InChI is InChI=1S/C22H24Br2NO6PS/c1-14(2)30-32(27,31-15(3)4)22(25-33(28,29)17-11-9-16(23)10-12-17)13-20(24)21(26)18-7-5-6-8-19(18)22/h5-15,25H,1-4H3. The van der Waals surface area contributed by atoms with Crippen LogP contribution in [0.15, 0.2) is 68.5 Å². The quantitative estimate of drug-likeness (QED) is 0.358. The number of fused-ring (bicyclic) bond motifs is 1. The first-order chi connectivity index (χ1) is 15.3. The summed E-state index contributed by atoms with van der Waals surface area (Å²) in [6, 6.07) is 12.4. The fourth-order valence-corrected chi connectivity index (χ4v) is 8.73. The lowest BCUT2D eigenvalue weighted by Crippen LogP contribution is -2.48. The van der Waals surface area contributed by atoms with Crippen molar-refractivity contribution in [1.29, 1.82) is 0 Å². The summed E-state index contributed by atoms with van der Waals surface area (Å²) in [6.07, 6.45) is 0.140. The van der Waals surface area contributed by atoms with Gasteiger partial charge in [0.1, 0.15) is 0 Å². The maximum atomic E-state index is 14.5. The summed E-state index contributed by atoms with van der Waals surface area (Å²) in [5, 5.41) is -2.00. The van der Waals surface area contributed by atoms with Gasteiger partial charge in [0, 0.05) is 15.6 Å². The van der Waals surface area contributed by atoms with Crippen LogP contribution in [0.1, 0.15) is 43.6 Å². The van der Waals surface area contributed by atoms with Crippen LogP contribution in [0.5, 0.6) is 0 Å². The summed E-state index contributed by atoms with van der Waals surface area (Å²) in [5.41, 5.74) is 0.369. The Morgan fingerprint density at radius 2 is 1.48 bits per heavy atom. The molecule has 2 aromatic carbocycles. The Balaban J connectivity index is 2.35. The smallest absolute Gasteiger partial charge is 0.304 e. The molecule has 11 heteroatoms. The van der Waals surface area contributed by atoms with Crippen LogP contribution in [-0.2, 0) is 28.9 Å². The van der Waals surface area contributed by atoms with E-state index in [0.717, 1.165) is 0 Å². The van der Waals surface area contributed by atoms with Crippen LogP contribution >= 0.6 is 39.5 Å². The lowest BCUT2D eigenvalue weighted by atomic mass is 9.92. The number of hydrogen-bond donors (Lipinski definition) is 1. The van der Waals surface area contributed by atoms with Crippen LogP contribution in [0.25, 0.3) is 0 Å². The molecule has 2 aromatic rings. The summed E-state index contributed by atoms with van der Waals surface area (Å²) in [5.74, 6) is -0.371. The highest BCUT2D eigenvalue weighted by Crippen LogP contribution is 2.67. The Hall–Kier alpha value is -1.13. The van der Waals surface area contributed by atoms with Crippen molar-refractivity contribution in [2.45, 2.75) is 50.1 Å². The average Bonchev–Trinajstić information content (AvgIpc) is 2.70. The van der Waals surface area contributed by atoms with Crippen LogP contribution in [-0.4, -0.2) is 26.4 Å². The van der Waals surface area contributed by atoms with Crippen molar-refractivity contribution >= 4 is 55.3 Å². The molecule has 7 nitrogen and oxygen atoms in total. The summed E-state index contributed by atoms with van der Waals surface area (Å²) in [6.45, 7) is 6.69. The van der Waals surface area contributed by atoms with Gasteiger partial charge in [-0.05, 0) is 74.0 Å². The number of nitrogens with one attached hydrogen (secondary N) is 1. The van der Waals surface area contributed by atoms with E-state index in [1.165, 1.54) is 18.2 Å². The zero-order chi connectivity index (χ0) is 24.6. The fourth-order valence-electron chi connectivity index (χ4n) is 3.46. The first-order valence-corrected chi connectivity index (χ1v) is 14.7. The molecule has 0 saturated carbocycles. The highest BCUT2D eigenvalue weighted by Gasteiger charge is 2.58. The summed E-state index contributed by atoms with van der Waals surface area (Å²) in [7, 11) is -8.57. The second-order valence-electron chi connectivity index (χ2n) is 8.00. The predicted octanol–water partition coefficient (Wildman–Crippen LogP) is 6.10. The number of rotatable bonds is 8. The normalized spacial score (nSPS) is 19.0. The van der Waals surface area contributed by atoms with Crippen molar-refractivity contribution in [3.8, 4) is 0 Å². The molecule has 0 aliphatic heterocycles.